The molecule has 1 amide bonds. The van der Waals surface area contributed by atoms with Crippen LogP contribution in [0.4, 0.5) is 0 Å². The van der Waals surface area contributed by atoms with E-state index >= 15 is 0 Å². The predicted octanol–water partition coefficient (Wildman–Crippen LogP) is 8.34. The number of allylic oxidation sites excluding steroid dienone is 1. The predicted molar refractivity (Wildman–Crippen MR) is 221 cm³/mol. The third kappa shape index (κ3) is 8.56. The van der Waals surface area contributed by atoms with Gasteiger partial charge in [0.05, 0.1) is 24.8 Å². The molecule has 1 unspecified atom stereocenters. The normalized spacial score (nSPS) is 27.1. The second kappa shape index (κ2) is 18.9. The first-order valence-corrected chi connectivity index (χ1v) is 20.8. The van der Waals surface area contributed by atoms with Crippen LogP contribution in [-0.2, 0) is 14.3 Å². The molecule has 1 saturated carbocycles. The molecule has 4 aliphatic rings. The van der Waals surface area contributed by atoms with Gasteiger partial charge in [-0.05, 0) is 97.0 Å². The highest BCUT2D eigenvalue weighted by Gasteiger charge is 2.65. The van der Waals surface area contributed by atoms with E-state index in [0.29, 0.717) is 49.5 Å². The van der Waals surface area contributed by atoms with E-state index in [-0.39, 0.29) is 43.5 Å². The molecule has 1 saturated heterocycles. The number of aliphatic hydroxyl groups excluding tert-OH is 2. The minimum atomic E-state index is -1.34. The fraction of sp³-hybridized carbons (Fsp3) is 0.489. The third-order valence-electron chi connectivity index (χ3n) is 12.2. The molecular formula is C47H58N2O8. The van der Waals surface area contributed by atoms with Crippen molar-refractivity contribution in [3.8, 4) is 11.5 Å². The molecule has 0 radical (unpaired) electrons. The fourth-order valence-electron chi connectivity index (χ4n) is 9.56. The van der Waals surface area contributed by atoms with Gasteiger partial charge in [0.15, 0.2) is 0 Å². The van der Waals surface area contributed by atoms with E-state index in [4.69, 9.17) is 28.9 Å². The molecule has 2 N–H and O–H groups in total. The van der Waals surface area contributed by atoms with Crippen molar-refractivity contribution in [1.29, 1.82) is 0 Å². The number of carbonyl (C=O) groups excluding carboxylic acids is 1. The van der Waals surface area contributed by atoms with Gasteiger partial charge in [0.25, 0.3) is 5.91 Å². The van der Waals surface area contributed by atoms with Gasteiger partial charge in [-0.2, -0.15) is 0 Å². The molecule has 10 heteroatoms. The highest BCUT2D eigenvalue weighted by Crippen LogP contribution is 2.62. The summed E-state index contributed by atoms with van der Waals surface area (Å²) in [5.74, 6) is -0.437. The lowest BCUT2D eigenvalue weighted by molar-refractivity contribution is -0.252. The van der Waals surface area contributed by atoms with Crippen molar-refractivity contribution < 1.29 is 38.8 Å². The van der Waals surface area contributed by atoms with E-state index in [0.717, 1.165) is 72.6 Å². The standard InChI is InChI=1S/C47H58N2O8/c1-4-25-53-36-21-22-41-39(30-36)44-37(17-9-12-24-51)34(16-8-11-23-50)29-38-40(48-57-43-18-10-13-27-54-43)31-42(47(56-41,45(38)44)55-26-5-2)49(3)46(52)35-20-19-32-14-6-7-15-33(32)28-35/h4-7,14-15,19-22,28-30,34,37,42-45,50-51H,1-2,8-13,16-18,23-27,31H2,3H3/t34-,37+,42-,43?,44+,45+,47+/m0/s1. The SMILES string of the molecule is C=CCOc1ccc2c(c1)[C@H]1[C@H](CCCCO)[C@@H](CCCCO)C=C3C(=NOC4CCCCO4)C[C@H](N(C)C(=O)c4ccc5ccccc5c4)[C@@](OCC=C)(O2)[C@H]31. The Kier molecular flexibility index (Phi) is 13.5. The van der Waals surface area contributed by atoms with Gasteiger partial charge in [-0.3, -0.25) is 4.79 Å². The molecule has 3 aromatic rings. The van der Waals surface area contributed by atoms with Crippen LogP contribution in [0, 0.1) is 17.8 Å². The topological polar surface area (TPSA) is 119 Å². The lowest BCUT2D eigenvalue weighted by atomic mass is 9.55. The van der Waals surface area contributed by atoms with Gasteiger partial charge in [-0.25, -0.2) is 0 Å². The molecule has 0 aromatic heterocycles. The average Bonchev–Trinajstić information content (AvgIpc) is 3.25. The van der Waals surface area contributed by atoms with Gasteiger partial charge in [0.2, 0.25) is 12.1 Å². The summed E-state index contributed by atoms with van der Waals surface area (Å²) in [5.41, 5.74) is 3.30. The van der Waals surface area contributed by atoms with Crippen LogP contribution in [0.1, 0.15) is 86.0 Å². The van der Waals surface area contributed by atoms with Crippen LogP contribution in [0.15, 0.2) is 103 Å². The Morgan fingerprint density at radius 1 is 0.965 bits per heavy atom. The molecule has 0 bridgehead atoms. The first-order chi connectivity index (χ1) is 27.9. The number of carbonyl (C=O) groups is 1. The zero-order chi connectivity index (χ0) is 39.8. The summed E-state index contributed by atoms with van der Waals surface area (Å²) in [4.78, 5) is 22.8. The third-order valence-corrected chi connectivity index (χ3v) is 12.2. The minimum Gasteiger partial charge on any atom is -0.490 e. The number of likely N-dealkylation sites (N-methyl/N-ethyl adjacent to an activating group) is 1. The molecule has 2 fully saturated rings. The van der Waals surface area contributed by atoms with Crippen LogP contribution in [0.5, 0.6) is 11.5 Å². The molecular weight excluding hydrogens is 721 g/mol. The second-order valence-electron chi connectivity index (χ2n) is 15.8. The lowest BCUT2D eigenvalue weighted by Gasteiger charge is -2.59. The number of ether oxygens (including phenoxy) is 4. The van der Waals surface area contributed by atoms with Crippen molar-refractivity contribution in [2.24, 2.45) is 22.9 Å². The number of amides is 1. The highest BCUT2D eigenvalue weighted by molar-refractivity contribution is 6.04. The number of hydrogen-bond acceptors (Lipinski definition) is 9. The highest BCUT2D eigenvalue weighted by atomic mass is 16.8. The van der Waals surface area contributed by atoms with Crippen LogP contribution in [0.2, 0.25) is 0 Å². The average molecular weight is 779 g/mol. The van der Waals surface area contributed by atoms with Crippen LogP contribution >= 0.6 is 0 Å². The van der Waals surface area contributed by atoms with Crippen molar-refractivity contribution in [2.75, 3.05) is 40.1 Å². The van der Waals surface area contributed by atoms with Gasteiger partial charge >= 0.3 is 0 Å². The number of unbranched alkanes of at least 4 members (excludes halogenated alkanes) is 2. The maximum atomic E-state index is 14.8. The Morgan fingerprint density at radius 2 is 1.75 bits per heavy atom. The Balaban J connectivity index is 1.42. The molecule has 10 nitrogen and oxygen atoms in total. The van der Waals surface area contributed by atoms with Gasteiger partial charge in [0.1, 0.15) is 24.1 Å². The molecule has 2 aliphatic carbocycles. The Bertz CT molecular complexity index is 1940. The second-order valence-corrected chi connectivity index (χ2v) is 15.8. The summed E-state index contributed by atoms with van der Waals surface area (Å²) in [7, 11) is 1.83. The summed E-state index contributed by atoms with van der Waals surface area (Å²) in [5, 5.41) is 26.7. The van der Waals surface area contributed by atoms with Gasteiger partial charge in [0, 0.05) is 50.1 Å². The zero-order valence-electron chi connectivity index (χ0n) is 33.2. The monoisotopic (exact) mass is 778 g/mol. The summed E-state index contributed by atoms with van der Waals surface area (Å²) in [6.07, 6.45) is 13.2. The van der Waals surface area contributed by atoms with Gasteiger partial charge < -0.3 is 38.9 Å². The van der Waals surface area contributed by atoms with Crippen LogP contribution in [-0.4, -0.2) is 84.9 Å². The number of benzene rings is 3. The van der Waals surface area contributed by atoms with E-state index in [1.807, 2.05) is 61.6 Å². The molecule has 57 heavy (non-hydrogen) atoms. The smallest absolute Gasteiger partial charge is 0.254 e. The molecule has 2 aliphatic heterocycles. The van der Waals surface area contributed by atoms with Crippen LogP contribution in [0.25, 0.3) is 10.8 Å². The Labute approximate surface area is 336 Å². The molecule has 3 aromatic carbocycles. The van der Waals surface area contributed by atoms with E-state index in [1.165, 1.54) is 0 Å². The van der Waals surface area contributed by atoms with Gasteiger partial charge in [-0.1, -0.05) is 73.1 Å². The summed E-state index contributed by atoms with van der Waals surface area (Å²) in [6.45, 7) is 9.30. The van der Waals surface area contributed by atoms with Gasteiger partial charge in [-0.15, -0.1) is 6.58 Å². The molecule has 7 atom stereocenters. The molecule has 304 valence electrons. The van der Waals surface area contributed by atoms with E-state index in [2.05, 4.69) is 25.3 Å². The summed E-state index contributed by atoms with van der Waals surface area (Å²) < 4.78 is 26.4. The van der Waals surface area contributed by atoms with Crippen molar-refractivity contribution in [1.82, 2.24) is 4.90 Å². The first kappa shape index (κ1) is 40.7. The van der Waals surface area contributed by atoms with E-state index in [1.54, 1.807) is 17.1 Å². The number of rotatable bonds is 18. The summed E-state index contributed by atoms with van der Waals surface area (Å²) in [6, 6.07) is 19.2. The number of fused-ring (bicyclic) bond motifs is 3. The number of aliphatic hydroxyl groups is 2. The number of hydrogen-bond donors (Lipinski definition) is 2. The molecule has 0 spiro atoms. The fourth-order valence-corrected chi connectivity index (χ4v) is 9.56. The minimum absolute atomic E-state index is 0.108. The largest absolute Gasteiger partial charge is 0.490 e. The maximum Gasteiger partial charge on any atom is 0.254 e. The summed E-state index contributed by atoms with van der Waals surface area (Å²) >= 11 is 0. The number of oxime groups is 1. The maximum absolute atomic E-state index is 14.8. The van der Waals surface area contributed by atoms with Crippen molar-refractivity contribution in [2.45, 2.75) is 88.2 Å². The van der Waals surface area contributed by atoms with Crippen molar-refractivity contribution in [3.63, 3.8) is 0 Å². The molecule has 2 heterocycles. The molecule has 7 rings (SSSR count). The zero-order valence-corrected chi connectivity index (χ0v) is 33.2. The first-order valence-electron chi connectivity index (χ1n) is 20.8. The van der Waals surface area contributed by atoms with E-state index in [9.17, 15) is 15.0 Å². The van der Waals surface area contributed by atoms with Crippen molar-refractivity contribution in [3.05, 3.63) is 109 Å². The lowest BCUT2D eigenvalue weighted by Crippen LogP contribution is -2.69. The van der Waals surface area contributed by atoms with Crippen molar-refractivity contribution >= 4 is 22.4 Å². The van der Waals surface area contributed by atoms with E-state index < -0.39 is 24.0 Å². The number of nitrogens with zero attached hydrogens (tertiary/aromatic N) is 2. The quantitative estimate of drug-likeness (QED) is 0.0752. The van der Waals surface area contributed by atoms with Crippen LogP contribution < -0.4 is 9.47 Å². The Morgan fingerprint density at radius 3 is 2.51 bits per heavy atom. The Hall–Kier alpha value is -4.48. The van der Waals surface area contributed by atoms with Crippen LogP contribution in [0.3, 0.4) is 0 Å².